The molecule has 118 valence electrons. The van der Waals surface area contributed by atoms with Crippen LogP contribution in [0, 0.1) is 12.8 Å². The van der Waals surface area contributed by atoms with Crippen LogP contribution in [0.15, 0.2) is 48.7 Å². The molecule has 22 heavy (non-hydrogen) atoms. The van der Waals surface area contributed by atoms with Gasteiger partial charge in [0.2, 0.25) is 0 Å². The van der Waals surface area contributed by atoms with Crippen molar-refractivity contribution in [1.82, 2.24) is 9.88 Å². The van der Waals surface area contributed by atoms with Crippen LogP contribution in [0.5, 0.6) is 0 Å². The molecule has 1 fully saturated rings. The Hall–Kier alpha value is -1.42. The second kappa shape index (κ2) is 7.73. The van der Waals surface area contributed by atoms with E-state index >= 15 is 0 Å². The fourth-order valence-corrected chi connectivity index (χ4v) is 3.30. The Morgan fingerprint density at radius 3 is 2.59 bits per heavy atom. The molecule has 0 amide bonds. The Morgan fingerprint density at radius 1 is 1.14 bits per heavy atom. The summed E-state index contributed by atoms with van der Waals surface area (Å²) in [6, 6.07) is 14.9. The Morgan fingerprint density at radius 2 is 1.91 bits per heavy atom. The maximum Gasteiger partial charge on any atom is 0.0573 e. The van der Waals surface area contributed by atoms with E-state index in [1.54, 1.807) is 0 Å². The highest BCUT2D eigenvalue weighted by atomic mass is 35.5. The van der Waals surface area contributed by atoms with E-state index in [2.05, 4.69) is 53.2 Å². The van der Waals surface area contributed by atoms with Crippen LogP contribution in [0.2, 0.25) is 0 Å². The van der Waals surface area contributed by atoms with Gasteiger partial charge in [-0.25, -0.2) is 0 Å². The number of nitrogens with two attached hydrogens (primary N) is 1. The minimum Gasteiger partial charge on any atom is -0.330 e. The monoisotopic (exact) mass is 317 g/mol. The van der Waals surface area contributed by atoms with Crippen molar-refractivity contribution in [1.29, 1.82) is 0 Å². The summed E-state index contributed by atoms with van der Waals surface area (Å²) in [6.07, 6.45) is 1.88. The summed E-state index contributed by atoms with van der Waals surface area (Å²) in [5.41, 5.74) is 9.87. The molecule has 2 N–H and O–H groups in total. The third-order valence-electron chi connectivity index (χ3n) is 4.54. The van der Waals surface area contributed by atoms with Crippen molar-refractivity contribution >= 4 is 12.4 Å². The van der Waals surface area contributed by atoms with E-state index < -0.39 is 0 Å². The number of hydrogen-bond acceptors (Lipinski definition) is 3. The zero-order chi connectivity index (χ0) is 14.7. The normalized spacial score (nSPS) is 21.5. The maximum absolute atomic E-state index is 6.00. The molecule has 0 unspecified atom stereocenters. The summed E-state index contributed by atoms with van der Waals surface area (Å²) in [4.78, 5) is 7.01. The quantitative estimate of drug-likeness (QED) is 0.942. The van der Waals surface area contributed by atoms with E-state index in [1.165, 1.54) is 16.8 Å². The van der Waals surface area contributed by atoms with Crippen molar-refractivity contribution < 1.29 is 0 Å². The van der Waals surface area contributed by atoms with Gasteiger partial charge >= 0.3 is 0 Å². The summed E-state index contributed by atoms with van der Waals surface area (Å²) in [5, 5.41) is 0. The number of benzene rings is 1. The predicted molar refractivity (Wildman–Crippen MR) is 93.2 cm³/mol. The fourth-order valence-electron chi connectivity index (χ4n) is 3.30. The van der Waals surface area contributed by atoms with E-state index in [-0.39, 0.29) is 12.4 Å². The molecule has 0 bridgehead atoms. The largest absolute Gasteiger partial charge is 0.330 e. The number of likely N-dealkylation sites (tertiary alicyclic amines) is 1. The van der Waals surface area contributed by atoms with Crippen LogP contribution in [0.25, 0.3) is 0 Å². The van der Waals surface area contributed by atoms with E-state index in [0.29, 0.717) is 11.8 Å². The molecule has 0 aliphatic carbocycles. The van der Waals surface area contributed by atoms with Crippen molar-refractivity contribution in [3.8, 4) is 0 Å². The Bertz CT molecular complexity index is 588. The molecule has 1 aromatic heterocycles. The first-order valence-electron chi connectivity index (χ1n) is 7.66. The Labute approximate surface area is 139 Å². The lowest BCUT2D eigenvalue weighted by atomic mass is 9.89. The van der Waals surface area contributed by atoms with Crippen molar-refractivity contribution in [2.24, 2.45) is 11.7 Å². The first-order chi connectivity index (χ1) is 10.3. The van der Waals surface area contributed by atoms with E-state index in [1.807, 2.05) is 12.3 Å². The smallest absolute Gasteiger partial charge is 0.0573 e. The zero-order valence-corrected chi connectivity index (χ0v) is 13.8. The third-order valence-corrected chi connectivity index (χ3v) is 4.54. The number of hydrogen-bond donors (Lipinski definition) is 1. The molecule has 1 aromatic carbocycles. The number of rotatable bonds is 4. The van der Waals surface area contributed by atoms with Gasteiger partial charge in [0.05, 0.1) is 5.69 Å². The Balaban J connectivity index is 0.00000176. The predicted octanol–water partition coefficient (Wildman–Crippen LogP) is 2.99. The second-order valence-corrected chi connectivity index (χ2v) is 5.97. The number of pyridine rings is 1. The van der Waals surface area contributed by atoms with Crippen molar-refractivity contribution in [3.05, 3.63) is 65.5 Å². The van der Waals surface area contributed by atoms with Gasteiger partial charge in [0, 0.05) is 31.7 Å². The van der Waals surface area contributed by atoms with Gasteiger partial charge in [-0.1, -0.05) is 36.4 Å². The average molecular weight is 318 g/mol. The van der Waals surface area contributed by atoms with E-state index in [4.69, 9.17) is 5.73 Å². The fraction of sp³-hybridized carbons (Fsp3) is 0.389. The van der Waals surface area contributed by atoms with Gasteiger partial charge in [-0.05, 0) is 36.6 Å². The summed E-state index contributed by atoms with van der Waals surface area (Å²) in [6.45, 7) is 5.94. The average Bonchev–Trinajstić information content (AvgIpc) is 2.93. The molecule has 2 atom stereocenters. The van der Waals surface area contributed by atoms with Gasteiger partial charge in [-0.3, -0.25) is 9.88 Å². The Kier molecular flexibility index (Phi) is 5.95. The number of nitrogens with zero attached hydrogens (tertiary/aromatic N) is 2. The van der Waals surface area contributed by atoms with Crippen LogP contribution in [-0.4, -0.2) is 29.5 Å². The molecule has 4 heteroatoms. The zero-order valence-electron chi connectivity index (χ0n) is 13.0. The molecular weight excluding hydrogens is 294 g/mol. The molecule has 0 radical (unpaired) electrons. The van der Waals surface area contributed by atoms with Crippen LogP contribution in [0.4, 0.5) is 0 Å². The first-order valence-corrected chi connectivity index (χ1v) is 7.66. The standard InChI is InChI=1S/C18H23N3.ClH/c1-14-6-5-9-20-18(14)13-21-11-16(10-19)17(12-21)15-7-3-2-4-8-15;/h2-9,16-17H,10-13,19H2,1H3;1H/t16-,17+;/m1./s1. The lowest BCUT2D eigenvalue weighted by Gasteiger charge is -2.17. The summed E-state index contributed by atoms with van der Waals surface area (Å²) in [5.74, 6) is 1.08. The van der Waals surface area contributed by atoms with Gasteiger partial charge in [-0.2, -0.15) is 0 Å². The van der Waals surface area contributed by atoms with Crippen LogP contribution in [0.1, 0.15) is 22.7 Å². The minimum absolute atomic E-state index is 0. The highest BCUT2D eigenvalue weighted by Gasteiger charge is 2.32. The van der Waals surface area contributed by atoms with E-state index in [9.17, 15) is 0 Å². The second-order valence-electron chi connectivity index (χ2n) is 5.97. The number of aryl methyl sites for hydroxylation is 1. The third kappa shape index (κ3) is 3.67. The molecule has 2 heterocycles. The molecular formula is C18H24ClN3. The molecule has 1 saturated heterocycles. The van der Waals surface area contributed by atoms with Crippen LogP contribution in [-0.2, 0) is 6.54 Å². The summed E-state index contributed by atoms with van der Waals surface area (Å²) < 4.78 is 0. The lowest BCUT2D eigenvalue weighted by Crippen LogP contribution is -2.23. The molecule has 0 spiro atoms. The molecule has 3 nitrogen and oxygen atoms in total. The minimum atomic E-state index is 0. The van der Waals surface area contributed by atoms with Crippen LogP contribution < -0.4 is 5.73 Å². The van der Waals surface area contributed by atoms with E-state index in [0.717, 1.165) is 26.2 Å². The molecule has 1 aliphatic heterocycles. The SMILES string of the molecule is Cc1cccnc1CN1C[C@@H](CN)[C@H](c2ccccc2)C1.Cl. The highest BCUT2D eigenvalue weighted by molar-refractivity contribution is 5.85. The van der Waals surface area contributed by atoms with Gasteiger partial charge in [0.1, 0.15) is 0 Å². The molecule has 0 saturated carbocycles. The first kappa shape index (κ1) is 16.9. The molecule has 3 rings (SSSR count). The van der Waals surface area contributed by atoms with Crippen LogP contribution >= 0.6 is 12.4 Å². The molecule has 2 aromatic rings. The van der Waals surface area contributed by atoms with Crippen molar-refractivity contribution in [2.45, 2.75) is 19.4 Å². The lowest BCUT2D eigenvalue weighted by molar-refractivity contribution is 0.312. The van der Waals surface area contributed by atoms with Crippen molar-refractivity contribution in [2.75, 3.05) is 19.6 Å². The maximum atomic E-state index is 6.00. The van der Waals surface area contributed by atoms with Crippen molar-refractivity contribution in [3.63, 3.8) is 0 Å². The molecule has 1 aliphatic rings. The topological polar surface area (TPSA) is 42.2 Å². The summed E-state index contributed by atoms with van der Waals surface area (Å²) >= 11 is 0. The highest BCUT2D eigenvalue weighted by Crippen LogP contribution is 2.32. The number of aromatic nitrogens is 1. The van der Waals surface area contributed by atoms with Gasteiger partial charge in [-0.15, -0.1) is 12.4 Å². The number of halogens is 1. The van der Waals surface area contributed by atoms with Gasteiger partial charge in [0.25, 0.3) is 0 Å². The van der Waals surface area contributed by atoms with Crippen LogP contribution in [0.3, 0.4) is 0 Å². The summed E-state index contributed by atoms with van der Waals surface area (Å²) in [7, 11) is 0. The van der Waals surface area contributed by atoms with Gasteiger partial charge in [0.15, 0.2) is 0 Å². The van der Waals surface area contributed by atoms with Gasteiger partial charge < -0.3 is 5.73 Å².